The molecule has 1 aromatic heterocycles. The summed E-state index contributed by atoms with van der Waals surface area (Å²) in [5.74, 6) is -0.934. The first kappa shape index (κ1) is 13.0. The minimum absolute atomic E-state index is 0.282. The Morgan fingerprint density at radius 1 is 1.26 bits per heavy atom. The van der Waals surface area contributed by atoms with Gasteiger partial charge in [-0.3, -0.25) is 0 Å². The highest BCUT2D eigenvalue weighted by Crippen LogP contribution is 2.23. The summed E-state index contributed by atoms with van der Waals surface area (Å²) < 4.78 is 0. The standard InChI is InChI=1S/C16H15NO2/c1-3-7-11(4-2)15-10-13(16(18)19)12-8-5-6-9-14(12)17-15/h3-10H,1-2H3,(H,18,19)/b7-3-,11-4+. The van der Waals surface area contributed by atoms with E-state index in [2.05, 4.69) is 4.98 Å². The maximum absolute atomic E-state index is 11.4. The maximum Gasteiger partial charge on any atom is 0.336 e. The van der Waals surface area contributed by atoms with Crippen molar-refractivity contribution in [3.8, 4) is 0 Å². The van der Waals surface area contributed by atoms with E-state index in [4.69, 9.17) is 0 Å². The van der Waals surface area contributed by atoms with Crippen molar-refractivity contribution in [1.82, 2.24) is 4.98 Å². The van der Waals surface area contributed by atoms with Crippen LogP contribution in [0.1, 0.15) is 29.9 Å². The number of hydrogen-bond donors (Lipinski definition) is 1. The first-order valence-corrected chi connectivity index (χ1v) is 6.10. The van der Waals surface area contributed by atoms with E-state index in [1.54, 1.807) is 12.1 Å². The van der Waals surface area contributed by atoms with Crippen LogP contribution in [0.5, 0.6) is 0 Å². The molecule has 0 fully saturated rings. The molecule has 0 bridgehead atoms. The third-order valence-electron chi connectivity index (χ3n) is 2.90. The van der Waals surface area contributed by atoms with E-state index in [1.165, 1.54) is 0 Å². The van der Waals surface area contributed by atoms with Crippen LogP contribution >= 0.6 is 0 Å². The van der Waals surface area contributed by atoms with Crippen LogP contribution in [0.25, 0.3) is 16.5 Å². The third-order valence-corrected chi connectivity index (χ3v) is 2.90. The van der Waals surface area contributed by atoms with E-state index in [0.29, 0.717) is 16.6 Å². The molecule has 2 aromatic rings. The molecular weight excluding hydrogens is 238 g/mol. The Bertz CT molecular complexity index is 684. The number of benzene rings is 1. The van der Waals surface area contributed by atoms with Crippen molar-refractivity contribution >= 4 is 22.4 Å². The fourth-order valence-corrected chi connectivity index (χ4v) is 2.01. The van der Waals surface area contributed by atoms with Gasteiger partial charge in [0.1, 0.15) is 0 Å². The van der Waals surface area contributed by atoms with Crippen LogP contribution in [-0.2, 0) is 0 Å². The summed E-state index contributed by atoms with van der Waals surface area (Å²) in [6, 6.07) is 8.91. The number of carboxylic acid groups (broad SMARTS) is 1. The van der Waals surface area contributed by atoms with Gasteiger partial charge < -0.3 is 5.11 Å². The molecule has 0 radical (unpaired) electrons. The number of allylic oxidation sites excluding steroid dienone is 4. The zero-order valence-electron chi connectivity index (χ0n) is 10.9. The van der Waals surface area contributed by atoms with Crippen LogP contribution in [0, 0.1) is 0 Å². The molecule has 0 aliphatic rings. The molecule has 3 heteroatoms. The molecule has 1 N–H and O–H groups in total. The Labute approximate surface area is 111 Å². The van der Waals surface area contributed by atoms with Gasteiger partial charge in [0.05, 0.1) is 16.8 Å². The van der Waals surface area contributed by atoms with Gasteiger partial charge in [-0.1, -0.05) is 36.4 Å². The van der Waals surface area contributed by atoms with Crippen molar-refractivity contribution in [1.29, 1.82) is 0 Å². The van der Waals surface area contributed by atoms with Gasteiger partial charge in [0, 0.05) is 5.39 Å². The smallest absolute Gasteiger partial charge is 0.336 e. The molecule has 19 heavy (non-hydrogen) atoms. The minimum atomic E-state index is -0.934. The molecule has 1 aromatic carbocycles. The van der Waals surface area contributed by atoms with Gasteiger partial charge in [0.2, 0.25) is 0 Å². The SMILES string of the molecule is C/C=C\C(=C/C)c1cc(C(=O)O)c2ccccc2n1. The van der Waals surface area contributed by atoms with Gasteiger partial charge in [-0.15, -0.1) is 0 Å². The predicted molar refractivity (Wildman–Crippen MR) is 77.2 cm³/mol. The van der Waals surface area contributed by atoms with Crippen LogP contribution in [0.3, 0.4) is 0 Å². The van der Waals surface area contributed by atoms with E-state index < -0.39 is 5.97 Å². The topological polar surface area (TPSA) is 50.2 Å². The summed E-state index contributed by atoms with van der Waals surface area (Å²) in [6.45, 7) is 3.83. The van der Waals surface area contributed by atoms with E-state index in [-0.39, 0.29) is 5.56 Å². The molecule has 2 rings (SSSR count). The van der Waals surface area contributed by atoms with Gasteiger partial charge in [-0.2, -0.15) is 0 Å². The number of aromatic carboxylic acids is 1. The van der Waals surface area contributed by atoms with E-state index in [0.717, 1.165) is 5.57 Å². The first-order chi connectivity index (χ1) is 9.17. The highest BCUT2D eigenvalue weighted by Gasteiger charge is 2.12. The normalized spacial score (nSPS) is 12.2. The number of hydrogen-bond acceptors (Lipinski definition) is 2. The van der Waals surface area contributed by atoms with Crippen molar-refractivity contribution in [3.05, 3.63) is 59.8 Å². The lowest BCUT2D eigenvalue weighted by Gasteiger charge is -2.07. The zero-order chi connectivity index (χ0) is 13.8. The Hall–Kier alpha value is -2.42. The van der Waals surface area contributed by atoms with Gasteiger partial charge in [-0.05, 0) is 31.6 Å². The second-order valence-electron chi connectivity index (χ2n) is 4.12. The Balaban J connectivity index is 2.75. The van der Waals surface area contributed by atoms with Crippen molar-refractivity contribution in [2.75, 3.05) is 0 Å². The van der Waals surface area contributed by atoms with Crippen molar-refractivity contribution < 1.29 is 9.90 Å². The van der Waals surface area contributed by atoms with E-state index >= 15 is 0 Å². The predicted octanol–water partition coefficient (Wildman–Crippen LogP) is 3.91. The first-order valence-electron chi connectivity index (χ1n) is 6.10. The number of aromatic nitrogens is 1. The molecule has 0 atom stereocenters. The van der Waals surface area contributed by atoms with Crippen molar-refractivity contribution in [2.24, 2.45) is 0 Å². The molecule has 0 spiro atoms. The average Bonchev–Trinajstić information content (AvgIpc) is 2.43. The van der Waals surface area contributed by atoms with Gasteiger partial charge in [0.15, 0.2) is 0 Å². The highest BCUT2D eigenvalue weighted by molar-refractivity contribution is 6.03. The summed E-state index contributed by atoms with van der Waals surface area (Å²) in [6.07, 6.45) is 5.75. The number of nitrogens with zero attached hydrogens (tertiary/aromatic N) is 1. The maximum atomic E-state index is 11.4. The third kappa shape index (κ3) is 2.55. The summed E-state index contributed by atoms with van der Waals surface area (Å²) in [5.41, 5.74) is 2.57. The Kier molecular flexibility index (Phi) is 3.76. The quantitative estimate of drug-likeness (QED) is 0.843. The largest absolute Gasteiger partial charge is 0.478 e. The molecule has 0 saturated heterocycles. The molecule has 0 aliphatic heterocycles. The van der Waals surface area contributed by atoms with E-state index in [9.17, 15) is 9.90 Å². The monoisotopic (exact) mass is 253 g/mol. The summed E-state index contributed by atoms with van der Waals surface area (Å²) in [5, 5.41) is 9.99. The Morgan fingerprint density at radius 2 is 2.00 bits per heavy atom. The number of carboxylic acids is 1. The summed E-state index contributed by atoms with van der Waals surface area (Å²) >= 11 is 0. The van der Waals surface area contributed by atoms with Gasteiger partial charge in [0.25, 0.3) is 0 Å². The second kappa shape index (κ2) is 5.48. The zero-order valence-corrected chi connectivity index (χ0v) is 10.9. The molecular formula is C16H15NO2. The van der Waals surface area contributed by atoms with Crippen molar-refractivity contribution in [2.45, 2.75) is 13.8 Å². The molecule has 96 valence electrons. The molecule has 0 saturated carbocycles. The van der Waals surface area contributed by atoms with Gasteiger partial charge >= 0.3 is 5.97 Å². The number of rotatable bonds is 3. The molecule has 3 nitrogen and oxygen atoms in total. The molecule has 0 aliphatic carbocycles. The fraction of sp³-hybridized carbons (Fsp3) is 0.125. The molecule has 0 amide bonds. The number of carbonyl (C=O) groups is 1. The van der Waals surface area contributed by atoms with Crippen LogP contribution < -0.4 is 0 Å². The highest BCUT2D eigenvalue weighted by atomic mass is 16.4. The fourth-order valence-electron chi connectivity index (χ4n) is 2.01. The van der Waals surface area contributed by atoms with Crippen LogP contribution in [-0.4, -0.2) is 16.1 Å². The van der Waals surface area contributed by atoms with Crippen LogP contribution in [0.4, 0.5) is 0 Å². The average molecular weight is 253 g/mol. The minimum Gasteiger partial charge on any atom is -0.478 e. The van der Waals surface area contributed by atoms with Gasteiger partial charge in [-0.25, -0.2) is 9.78 Å². The summed E-state index contributed by atoms with van der Waals surface area (Å²) in [7, 11) is 0. The number of fused-ring (bicyclic) bond motifs is 1. The second-order valence-corrected chi connectivity index (χ2v) is 4.12. The lowest BCUT2D eigenvalue weighted by Crippen LogP contribution is -2.01. The molecule has 1 heterocycles. The number of pyridine rings is 1. The lowest BCUT2D eigenvalue weighted by molar-refractivity contribution is 0.0699. The van der Waals surface area contributed by atoms with E-state index in [1.807, 2.05) is 50.3 Å². The van der Waals surface area contributed by atoms with Crippen LogP contribution in [0.15, 0.2) is 48.6 Å². The number of para-hydroxylation sites is 1. The lowest BCUT2D eigenvalue weighted by atomic mass is 10.0. The van der Waals surface area contributed by atoms with Crippen LogP contribution in [0.2, 0.25) is 0 Å². The Morgan fingerprint density at radius 3 is 2.63 bits per heavy atom. The summed E-state index contributed by atoms with van der Waals surface area (Å²) in [4.78, 5) is 15.9. The van der Waals surface area contributed by atoms with Crippen molar-refractivity contribution in [3.63, 3.8) is 0 Å². The molecule has 0 unspecified atom stereocenters.